The van der Waals surface area contributed by atoms with Crippen LogP contribution in [-0.4, -0.2) is 28.7 Å². The number of hydrogen-bond acceptors (Lipinski definition) is 4. The van der Waals surface area contributed by atoms with Gasteiger partial charge in [0.2, 0.25) is 5.91 Å². The van der Waals surface area contributed by atoms with E-state index >= 15 is 0 Å². The highest BCUT2D eigenvalue weighted by Gasteiger charge is 2.32. The average molecular weight is 321 g/mol. The molecular formula is C13H18F3N3OS. The van der Waals surface area contributed by atoms with Gasteiger partial charge in [0.05, 0.1) is 10.6 Å². The predicted molar refractivity (Wildman–Crippen MR) is 75.9 cm³/mol. The van der Waals surface area contributed by atoms with Crippen molar-refractivity contribution in [2.24, 2.45) is 5.73 Å². The van der Waals surface area contributed by atoms with Crippen molar-refractivity contribution in [2.45, 2.75) is 37.0 Å². The first-order valence-corrected chi connectivity index (χ1v) is 7.38. The number of aromatic nitrogens is 1. The third-order valence-corrected chi connectivity index (χ3v) is 4.14. The molecule has 0 aliphatic heterocycles. The number of carbonyl (C=O) groups excluding carboxylic acids is 1. The standard InChI is InChI=1S/C13H18F3N3OS/c1-3-6-19-12(2,11(17)20)8-21-10-5-4-9(7-18-10)13(14,15)16/h4-5,7,19H,3,6,8H2,1-2H3,(H2,17,20). The first-order valence-electron chi connectivity index (χ1n) is 6.40. The molecule has 0 bridgehead atoms. The Morgan fingerprint density at radius 1 is 1.43 bits per heavy atom. The fraction of sp³-hybridized carbons (Fsp3) is 0.538. The maximum absolute atomic E-state index is 12.4. The van der Waals surface area contributed by atoms with Crippen LogP contribution in [0.25, 0.3) is 0 Å². The van der Waals surface area contributed by atoms with Crippen LogP contribution < -0.4 is 11.1 Å². The summed E-state index contributed by atoms with van der Waals surface area (Å²) in [6.07, 6.45) is -2.78. The van der Waals surface area contributed by atoms with Gasteiger partial charge in [-0.2, -0.15) is 13.2 Å². The van der Waals surface area contributed by atoms with E-state index < -0.39 is 23.2 Å². The van der Waals surface area contributed by atoms with E-state index in [9.17, 15) is 18.0 Å². The van der Waals surface area contributed by atoms with Crippen molar-refractivity contribution in [1.29, 1.82) is 0 Å². The average Bonchev–Trinajstić information content (AvgIpc) is 2.42. The van der Waals surface area contributed by atoms with E-state index in [1.165, 1.54) is 17.8 Å². The summed E-state index contributed by atoms with van der Waals surface area (Å²) < 4.78 is 37.3. The Hall–Kier alpha value is -1.28. The number of pyridine rings is 1. The summed E-state index contributed by atoms with van der Waals surface area (Å²) >= 11 is 1.18. The molecule has 1 heterocycles. The van der Waals surface area contributed by atoms with E-state index in [1.807, 2.05) is 6.92 Å². The van der Waals surface area contributed by atoms with Gasteiger partial charge in [0.25, 0.3) is 0 Å². The van der Waals surface area contributed by atoms with Crippen LogP contribution in [0, 0.1) is 0 Å². The maximum atomic E-state index is 12.4. The Kier molecular flexibility index (Phi) is 6.03. The minimum absolute atomic E-state index is 0.292. The van der Waals surface area contributed by atoms with E-state index in [0.29, 0.717) is 17.3 Å². The van der Waals surface area contributed by atoms with Gasteiger partial charge in [-0.3, -0.25) is 4.79 Å². The molecule has 0 spiro atoms. The SMILES string of the molecule is CCCNC(C)(CSc1ccc(C(F)(F)F)cn1)C(N)=O. The maximum Gasteiger partial charge on any atom is 0.417 e. The van der Waals surface area contributed by atoms with E-state index in [2.05, 4.69) is 10.3 Å². The van der Waals surface area contributed by atoms with Crippen LogP contribution in [0.15, 0.2) is 23.4 Å². The Morgan fingerprint density at radius 3 is 2.52 bits per heavy atom. The number of alkyl halides is 3. The van der Waals surface area contributed by atoms with Gasteiger partial charge in [-0.05, 0) is 32.0 Å². The zero-order valence-electron chi connectivity index (χ0n) is 11.8. The van der Waals surface area contributed by atoms with Crippen molar-refractivity contribution in [2.75, 3.05) is 12.3 Å². The lowest BCUT2D eigenvalue weighted by Gasteiger charge is -2.26. The Balaban J connectivity index is 2.70. The molecule has 4 nitrogen and oxygen atoms in total. The molecule has 0 radical (unpaired) electrons. The molecule has 21 heavy (non-hydrogen) atoms. The quantitative estimate of drug-likeness (QED) is 0.757. The summed E-state index contributed by atoms with van der Waals surface area (Å²) in [5.41, 5.74) is 3.65. The number of nitrogens with one attached hydrogen (secondary N) is 1. The van der Waals surface area contributed by atoms with Crippen LogP contribution in [0.2, 0.25) is 0 Å². The first kappa shape index (κ1) is 17.8. The van der Waals surface area contributed by atoms with Crippen molar-refractivity contribution in [1.82, 2.24) is 10.3 Å². The fourth-order valence-electron chi connectivity index (χ4n) is 1.46. The second-order valence-electron chi connectivity index (χ2n) is 4.79. The topological polar surface area (TPSA) is 68.0 Å². The minimum atomic E-state index is -4.40. The zero-order valence-corrected chi connectivity index (χ0v) is 12.6. The molecule has 0 aliphatic rings. The van der Waals surface area contributed by atoms with E-state index in [0.717, 1.165) is 18.7 Å². The molecule has 1 rings (SSSR count). The summed E-state index contributed by atoms with van der Waals surface area (Å²) in [5.74, 6) is -0.212. The van der Waals surface area contributed by atoms with Gasteiger partial charge in [0, 0.05) is 11.9 Å². The molecule has 1 aromatic rings. The van der Waals surface area contributed by atoms with Crippen LogP contribution in [0.1, 0.15) is 25.8 Å². The largest absolute Gasteiger partial charge is 0.417 e. The van der Waals surface area contributed by atoms with Gasteiger partial charge in [-0.25, -0.2) is 4.98 Å². The number of nitrogens with zero attached hydrogens (tertiary/aromatic N) is 1. The number of hydrogen-bond donors (Lipinski definition) is 2. The van der Waals surface area contributed by atoms with E-state index in [1.54, 1.807) is 6.92 Å². The number of primary amides is 1. The van der Waals surface area contributed by atoms with Crippen molar-refractivity contribution in [3.8, 4) is 0 Å². The van der Waals surface area contributed by atoms with Gasteiger partial charge >= 0.3 is 6.18 Å². The predicted octanol–water partition coefficient (Wildman–Crippen LogP) is 2.44. The Morgan fingerprint density at radius 2 is 2.10 bits per heavy atom. The number of rotatable bonds is 7. The smallest absolute Gasteiger partial charge is 0.368 e. The molecule has 0 fully saturated rings. The highest BCUT2D eigenvalue weighted by atomic mass is 32.2. The van der Waals surface area contributed by atoms with Crippen LogP contribution in [-0.2, 0) is 11.0 Å². The van der Waals surface area contributed by atoms with Crippen LogP contribution in [0.3, 0.4) is 0 Å². The summed E-state index contributed by atoms with van der Waals surface area (Å²) in [7, 11) is 0. The molecule has 0 aromatic carbocycles. The summed E-state index contributed by atoms with van der Waals surface area (Å²) in [6.45, 7) is 4.25. The number of thioether (sulfide) groups is 1. The lowest BCUT2D eigenvalue weighted by molar-refractivity contribution is -0.137. The van der Waals surface area contributed by atoms with Gasteiger partial charge in [0.15, 0.2) is 0 Å². The fourth-order valence-corrected chi connectivity index (χ4v) is 2.43. The summed E-state index contributed by atoms with van der Waals surface area (Å²) in [6, 6.07) is 2.26. The third kappa shape index (κ3) is 5.20. The van der Waals surface area contributed by atoms with E-state index in [-0.39, 0.29) is 0 Å². The minimum Gasteiger partial charge on any atom is -0.368 e. The molecule has 0 saturated carbocycles. The van der Waals surface area contributed by atoms with Gasteiger partial charge < -0.3 is 11.1 Å². The van der Waals surface area contributed by atoms with Crippen LogP contribution in [0.5, 0.6) is 0 Å². The second-order valence-corrected chi connectivity index (χ2v) is 5.79. The van der Waals surface area contributed by atoms with Gasteiger partial charge in [0.1, 0.15) is 5.54 Å². The van der Waals surface area contributed by atoms with Crippen molar-refractivity contribution in [3.63, 3.8) is 0 Å². The molecule has 1 unspecified atom stereocenters. The van der Waals surface area contributed by atoms with Crippen molar-refractivity contribution in [3.05, 3.63) is 23.9 Å². The zero-order chi connectivity index (χ0) is 16.1. The molecule has 1 aromatic heterocycles. The molecule has 1 amide bonds. The number of amides is 1. The lowest BCUT2D eigenvalue weighted by Crippen LogP contribution is -2.55. The highest BCUT2D eigenvalue weighted by Crippen LogP contribution is 2.30. The molecule has 118 valence electrons. The highest BCUT2D eigenvalue weighted by molar-refractivity contribution is 7.99. The number of halogens is 3. The Bertz CT molecular complexity index is 479. The van der Waals surface area contributed by atoms with E-state index in [4.69, 9.17) is 5.73 Å². The lowest BCUT2D eigenvalue weighted by atomic mass is 10.1. The van der Waals surface area contributed by atoms with Crippen molar-refractivity contribution >= 4 is 17.7 Å². The molecule has 0 aliphatic carbocycles. The first-order chi connectivity index (χ1) is 9.69. The monoisotopic (exact) mass is 321 g/mol. The van der Waals surface area contributed by atoms with Gasteiger partial charge in [-0.15, -0.1) is 11.8 Å². The van der Waals surface area contributed by atoms with Gasteiger partial charge in [-0.1, -0.05) is 6.92 Å². The van der Waals surface area contributed by atoms with Crippen LogP contribution >= 0.6 is 11.8 Å². The van der Waals surface area contributed by atoms with Crippen LogP contribution in [0.4, 0.5) is 13.2 Å². The molecule has 8 heteroatoms. The Labute approximate surface area is 125 Å². The normalized spacial score (nSPS) is 14.7. The third-order valence-electron chi connectivity index (χ3n) is 2.88. The second kappa shape index (κ2) is 7.13. The van der Waals surface area contributed by atoms with Crippen molar-refractivity contribution < 1.29 is 18.0 Å². The molecular weight excluding hydrogens is 303 g/mol. The molecule has 3 N–H and O–H groups in total. The number of carbonyl (C=O) groups is 1. The summed E-state index contributed by atoms with van der Waals surface area (Å²) in [5, 5.41) is 3.46. The summed E-state index contributed by atoms with van der Waals surface area (Å²) in [4.78, 5) is 15.3. The molecule has 0 saturated heterocycles. The molecule has 1 atom stereocenters. The number of nitrogens with two attached hydrogens (primary N) is 1.